The molecule has 1 rings (SSSR count). The number of hydrogen-bond donors (Lipinski definition) is 1. The Morgan fingerprint density at radius 3 is 2.48 bits per heavy atom. The Morgan fingerprint density at radius 1 is 1.29 bits per heavy atom. The van der Waals surface area contributed by atoms with Gasteiger partial charge in [-0.05, 0) is 12.1 Å². The molecule has 0 aromatic heterocycles. The van der Waals surface area contributed by atoms with Gasteiger partial charge in [0.15, 0.2) is 0 Å². The first-order chi connectivity index (χ1) is 9.75. The van der Waals surface area contributed by atoms with Crippen LogP contribution in [0.15, 0.2) is 24.3 Å². The average molecular weight is 304 g/mol. The van der Waals surface area contributed by atoms with E-state index in [4.69, 9.17) is 0 Å². The number of alkyl halides is 3. The topological polar surface area (TPSA) is 58.6 Å². The monoisotopic (exact) mass is 304 g/mol. The van der Waals surface area contributed by atoms with Crippen LogP contribution in [-0.4, -0.2) is 44.0 Å². The molecule has 8 heteroatoms. The van der Waals surface area contributed by atoms with Gasteiger partial charge in [0.1, 0.15) is 6.61 Å². The van der Waals surface area contributed by atoms with Crippen molar-refractivity contribution in [2.24, 2.45) is 0 Å². The van der Waals surface area contributed by atoms with Crippen LogP contribution in [0.3, 0.4) is 0 Å². The summed E-state index contributed by atoms with van der Waals surface area (Å²) in [4.78, 5) is 24.2. The number of ether oxygens (including phenoxy) is 1. The zero-order valence-electron chi connectivity index (χ0n) is 11.5. The Balaban J connectivity index is 2.74. The molecule has 1 aromatic rings. The number of nitrogens with zero attached hydrogens (tertiary/aromatic N) is 1. The van der Waals surface area contributed by atoms with E-state index in [2.05, 4.69) is 10.1 Å². The molecule has 0 aliphatic rings. The van der Waals surface area contributed by atoms with Gasteiger partial charge in [0.2, 0.25) is 11.8 Å². The highest BCUT2D eigenvalue weighted by molar-refractivity contribution is 5.95. The third-order valence-corrected chi connectivity index (χ3v) is 2.58. The molecule has 0 spiro atoms. The number of benzene rings is 1. The molecule has 0 saturated carbocycles. The number of likely N-dealkylation sites (N-methyl/N-ethyl adjacent to an activating group) is 1. The third kappa shape index (κ3) is 5.07. The van der Waals surface area contributed by atoms with Gasteiger partial charge in [-0.3, -0.25) is 9.59 Å². The standard InChI is InChI=1S/C13H15F3N2O3/c1-18(12(20)8-21-2)7-11(19)17-10-6-4-3-5-9(10)13(14,15)16/h3-6H,7-8H2,1-2H3,(H,17,19). The summed E-state index contributed by atoms with van der Waals surface area (Å²) in [6.45, 7) is -0.572. The lowest BCUT2D eigenvalue weighted by atomic mass is 10.1. The molecule has 5 nitrogen and oxygen atoms in total. The summed E-state index contributed by atoms with van der Waals surface area (Å²) in [5.41, 5.74) is -1.29. The van der Waals surface area contributed by atoms with Crippen molar-refractivity contribution in [1.82, 2.24) is 4.90 Å². The SMILES string of the molecule is COCC(=O)N(C)CC(=O)Nc1ccccc1C(F)(F)F. The fourth-order valence-electron chi connectivity index (χ4n) is 1.57. The second-order valence-electron chi connectivity index (χ2n) is 4.27. The van der Waals surface area contributed by atoms with Crippen LogP contribution in [0.4, 0.5) is 18.9 Å². The molecule has 0 fully saturated rings. The van der Waals surface area contributed by atoms with Crippen LogP contribution < -0.4 is 5.32 Å². The predicted molar refractivity (Wildman–Crippen MR) is 69.6 cm³/mol. The second kappa shape index (κ2) is 7.07. The third-order valence-electron chi connectivity index (χ3n) is 2.58. The first-order valence-corrected chi connectivity index (χ1v) is 5.94. The van der Waals surface area contributed by atoms with E-state index in [1.54, 1.807) is 0 Å². The van der Waals surface area contributed by atoms with Crippen LogP contribution >= 0.6 is 0 Å². The van der Waals surface area contributed by atoms with E-state index in [0.29, 0.717) is 0 Å². The van der Waals surface area contributed by atoms with Gasteiger partial charge < -0.3 is 15.0 Å². The molecule has 1 N–H and O–H groups in total. The number of amides is 2. The largest absolute Gasteiger partial charge is 0.418 e. The van der Waals surface area contributed by atoms with Gasteiger partial charge in [0.05, 0.1) is 17.8 Å². The van der Waals surface area contributed by atoms with Crippen molar-refractivity contribution in [2.75, 3.05) is 32.6 Å². The highest BCUT2D eigenvalue weighted by Crippen LogP contribution is 2.34. The molecular formula is C13H15F3N2O3. The molecule has 0 bridgehead atoms. The van der Waals surface area contributed by atoms with Gasteiger partial charge in [0, 0.05) is 14.2 Å². The van der Waals surface area contributed by atoms with Crippen LogP contribution in [0.25, 0.3) is 0 Å². The number of nitrogens with one attached hydrogen (secondary N) is 1. The maximum atomic E-state index is 12.8. The summed E-state index contributed by atoms with van der Waals surface area (Å²) in [7, 11) is 2.68. The van der Waals surface area contributed by atoms with Gasteiger partial charge in [-0.15, -0.1) is 0 Å². The van der Waals surface area contributed by atoms with Crippen molar-refractivity contribution in [3.8, 4) is 0 Å². The number of anilines is 1. The summed E-state index contributed by atoms with van der Waals surface area (Å²) in [6, 6.07) is 4.63. The number of para-hydroxylation sites is 1. The van der Waals surface area contributed by atoms with Crippen LogP contribution in [0.5, 0.6) is 0 Å². The highest BCUT2D eigenvalue weighted by Gasteiger charge is 2.33. The van der Waals surface area contributed by atoms with Crippen LogP contribution in [0.2, 0.25) is 0 Å². The lowest BCUT2D eigenvalue weighted by Crippen LogP contribution is -2.37. The number of carbonyl (C=O) groups is 2. The number of hydrogen-bond acceptors (Lipinski definition) is 3. The minimum atomic E-state index is -4.57. The Morgan fingerprint density at radius 2 is 1.90 bits per heavy atom. The summed E-state index contributed by atoms with van der Waals surface area (Å²) >= 11 is 0. The smallest absolute Gasteiger partial charge is 0.375 e. The predicted octanol–water partition coefficient (Wildman–Crippen LogP) is 1.75. The molecule has 0 atom stereocenters. The van der Waals surface area contributed by atoms with E-state index >= 15 is 0 Å². The average Bonchev–Trinajstić information content (AvgIpc) is 2.38. The number of methoxy groups -OCH3 is 1. The van der Waals surface area contributed by atoms with Crippen molar-refractivity contribution >= 4 is 17.5 Å². The fourth-order valence-corrected chi connectivity index (χ4v) is 1.57. The van der Waals surface area contributed by atoms with E-state index < -0.39 is 23.6 Å². The summed E-state index contributed by atoms with van der Waals surface area (Å²) in [5, 5.41) is 2.15. The van der Waals surface area contributed by atoms with Crippen molar-refractivity contribution < 1.29 is 27.5 Å². The molecule has 0 aliphatic carbocycles. The minimum absolute atomic E-state index is 0.205. The molecule has 1 aromatic carbocycles. The Bertz CT molecular complexity index is 518. The molecule has 0 heterocycles. The van der Waals surface area contributed by atoms with Crippen LogP contribution in [-0.2, 0) is 20.5 Å². The van der Waals surface area contributed by atoms with Crippen molar-refractivity contribution in [3.05, 3.63) is 29.8 Å². The molecule has 0 saturated heterocycles. The maximum absolute atomic E-state index is 12.8. The number of halogens is 3. The molecule has 21 heavy (non-hydrogen) atoms. The molecule has 2 amide bonds. The second-order valence-corrected chi connectivity index (χ2v) is 4.27. The minimum Gasteiger partial charge on any atom is -0.375 e. The lowest BCUT2D eigenvalue weighted by molar-refractivity contribution is -0.138. The van der Waals surface area contributed by atoms with Gasteiger partial charge in [-0.25, -0.2) is 0 Å². The summed E-state index contributed by atoms with van der Waals surface area (Å²) in [5.74, 6) is -1.17. The van der Waals surface area contributed by atoms with Gasteiger partial charge in [-0.2, -0.15) is 13.2 Å². The zero-order chi connectivity index (χ0) is 16.0. The van der Waals surface area contributed by atoms with E-state index in [1.165, 1.54) is 26.3 Å². The van der Waals surface area contributed by atoms with E-state index in [0.717, 1.165) is 17.0 Å². The lowest BCUT2D eigenvalue weighted by Gasteiger charge is -2.18. The van der Waals surface area contributed by atoms with E-state index in [1.807, 2.05) is 0 Å². The number of carbonyl (C=O) groups excluding carboxylic acids is 2. The quantitative estimate of drug-likeness (QED) is 0.901. The normalized spacial score (nSPS) is 11.1. The van der Waals surface area contributed by atoms with Crippen molar-refractivity contribution in [1.29, 1.82) is 0 Å². The van der Waals surface area contributed by atoms with Crippen LogP contribution in [0.1, 0.15) is 5.56 Å². The van der Waals surface area contributed by atoms with Crippen molar-refractivity contribution in [3.63, 3.8) is 0 Å². The summed E-state index contributed by atoms with van der Waals surface area (Å²) < 4.78 is 42.9. The van der Waals surface area contributed by atoms with Gasteiger partial charge in [-0.1, -0.05) is 12.1 Å². The van der Waals surface area contributed by atoms with Crippen molar-refractivity contribution in [2.45, 2.75) is 6.18 Å². The fraction of sp³-hybridized carbons (Fsp3) is 0.385. The maximum Gasteiger partial charge on any atom is 0.418 e. The zero-order valence-corrected chi connectivity index (χ0v) is 11.5. The Labute approximate surface area is 119 Å². The molecular weight excluding hydrogens is 289 g/mol. The molecule has 116 valence electrons. The molecule has 0 unspecified atom stereocenters. The Hall–Kier alpha value is -2.09. The van der Waals surface area contributed by atoms with Gasteiger partial charge in [0.25, 0.3) is 0 Å². The number of rotatable bonds is 5. The molecule has 0 radical (unpaired) electrons. The molecule has 0 aliphatic heterocycles. The Kier molecular flexibility index (Phi) is 5.71. The van der Waals surface area contributed by atoms with Crippen LogP contribution in [0, 0.1) is 0 Å². The van der Waals surface area contributed by atoms with E-state index in [9.17, 15) is 22.8 Å². The van der Waals surface area contributed by atoms with Gasteiger partial charge >= 0.3 is 6.18 Å². The van der Waals surface area contributed by atoms with E-state index in [-0.39, 0.29) is 18.8 Å². The first kappa shape index (κ1) is 17.0. The first-order valence-electron chi connectivity index (χ1n) is 5.94. The highest BCUT2D eigenvalue weighted by atomic mass is 19.4. The summed E-state index contributed by atoms with van der Waals surface area (Å²) in [6.07, 6.45) is -4.57.